The molecule has 4 rings (SSSR count). The summed E-state index contributed by atoms with van der Waals surface area (Å²) in [4.78, 5) is 10.5. The molecule has 2 heterocycles. The molecule has 3 atom stereocenters. The molecule has 2 aromatic carbocycles. The van der Waals surface area contributed by atoms with Crippen molar-refractivity contribution in [3.8, 4) is 0 Å². The fourth-order valence-corrected chi connectivity index (χ4v) is 7.79. The number of hydrazone groups is 1. The highest BCUT2D eigenvalue weighted by atomic mass is 32.2. The van der Waals surface area contributed by atoms with E-state index in [4.69, 9.17) is 0 Å². The minimum atomic E-state index is -4.98. The van der Waals surface area contributed by atoms with Gasteiger partial charge in [0, 0.05) is 43.4 Å². The van der Waals surface area contributed by atoms with Crippen molar-refractivity contribution in [3.63, 3.8) is 0 Å². The lowest BCUT2D eigenvalue weighted by atomic mass is 10.1. The predicted octanol–water partition coefficient (Wildman–Crippen LogP) is 4.28. The monoisotopic (exact) mass is 697 g/mol. The number of pyridine rings is 2. The van der Waals surface area contributed by atoms with Gasteiger partial charge in [0.15, 0.2) is 18.6 Å². The van der Waals surface area contributed by atoms with Crippen LogP contribution in [-0.2, 0) is 26.8 Å². The normalized spacial score (nSPS) is 14.2. The van der Waals surface area contributed by atoms with Gasteiger partial charge < -0.3 is 0 Å². The Labute approximate surface area is 278 Å². The van der Waals surface area contributed by atoms with Crippen LogP contribution in [0, 0.1) is 10.1 Å². The number of nitrogens with zero attached hydrogens (tertiary/aromatic N) is 7. The number of hydrogen-bond donors (Lipinski definition) is 2. The first-order valence-electron chi connectivity index (χ1n) is 14.6. The van der Waals surface area contributed by atoms with Crippen LogP contribution in [0.1, 0.15) is 37.2 Å². The van der Waals surface area contributed by atoms with Crippen molar-refractivity contribution in [1.82, 2.24) is 0 Å². The van der Waals surface area contributed by atoms with E-state index in [0.29, 0.717) is 17.1 Å². The third kappa shape index (κ3) is 9.54. The van der Waals surface area contributed by atoms with Crippen LogP contribution < -0.4 is 14.1 Å². The molecule has 0 fully saturated rings. The summed E-state index contributed by atoms with van der Waals surface area (Å²) in [7, 11) is -8.22. The van der Waals surface area contributed by atoms with Gasteiger partial charge in [-0.1, -0.05) is 25.1 Å². The quantitative estimate of drug-likeness (QED) is 0.0454. The average molecular weight is 698 g/mol. The second-order valence-electron chi connectivity index (χ2n) is 10.7. The minimum Gasteiger partial charge on any atom is -0.285 e. The molecule has 17 heteroatoms. The van der Waals surface area contributed by atoms with E-state index in [2.05, 4.69) is 15.3 Å². The highest BCUT2D eigenvalue weighted by Gasteiger charge is 2.46. The van der Waals surface area contributed by atoms with Crippen LogP contribution in [-0.4, -0.2) is 54.6 Å². The molecule has 0 aliphatic carbocycles. The number of rotatable bonds is 15. The zero-order valence-electron chi connectivity index (χ0n) is 26.0. The van der Waals surface area contributed by atoms with E-state index in [-0.39, 0.29) is 18.7 Å². The first-order chi connectivity index (χ1) is 22.8. The summed E-state index contributed by atoms with van der Waals surface area (Å²) in [6, 6.07) is 23.6. The molecule has 2 N–H and O–H groups in total. The van der Waals surface area contributed by atoms with Crippen molar-refractivity contribution in [2.75, 3.05) is 12.1 Å². The van der Waals surface area contributed by atoms with Gasteiger partial charge in [0.1, 0.15) is 16.7 Å². The van der Waals surface area contributed by atoms with Gasteiger partial charge in [-0.25, -0.2) is 0 Å². The molecule has 3 unspecified atom stereocenters. The van der Waals surface area contributed by atoms with Crippen molar-refractivity contribution >= 4 is 43.5 Å². The van der Waals surface area contributed by atoms with Crippen LogP contribution in [0.2, 0.25) is 0 Å². The predicted molar refractivity (Wildman–Crippen MR) is 177 cm³/mol. The first kappa shape index (κ1) is 35.9. The summed E-state index contributed by atoms with van der Waals surface area (Å²) in [5.41, 5.74) is 2.41. The van der Waals surface area contributed by atoms with E-state index in [9.17, 15) is 36.1 Å². The van der Waals surface area contributed by atoms with Crippen LogP contribution >= 0.6 is 0 Å². The lowest BCUT2D eigenvalue weighted by Gasteiger charge is -2.22. The Bertz CT molecular complexity index is 1980. The summed E-state index contributed by atoms with van der Waals surface area (Å²) >= 11 is 0. The highest BCUT2D eigenvalue weighted by molar-refractivity contribution is 7.90. The number of aromatic nitrogens is 2. The van der Waals surface area contributed by atoms with E-state index in [1.807, 2.05) is 30.3 Å². The fraction of sp³-hybridized carbons (Fsp3) is 0.258. The summed E-state index contributed by atoms with van der Waals surface area (Å²) in [5, 5.41) is 21.7. The SMILES string of the molecule is CCC(C(CC([n+]1ccc(CN=Nc2ccccc2)cc1)[n+]1ccccc1C=NN(C)c1ccc([N+](=O)[O-])cc1)S(=O)(=O)O)S(=O)(=O)O. The molecule has 2 aromatic heterocycles. The summed E-state index contributed by atoms with van der Waals surface area (Å²) in [6.45, 7) is 1.65. The maximum atomic E-state index is 12.7. The van der Waals surface area contributed by atoms with Crippen LogP contribution in [0.15, 0.2) is 119 Å². The maximum Gasteiger partial charge on any atom is 0.354 e. The number of non-ortho nitro benzene ring substituents is 1. The zero-order chi connectivity index (χ0) is 34.9. The number of hydrogen-bond acceptors (Lipinski definition) is 10. The van der Waals surface area contributed by atoms with Crippen molar-refractivity contribution in [2.24, 2.45) is 15.3 Å². The molecule has 0 aliphatic rings. The van der Waals surface area contributed by atoms with E-state index in [1.165, 1.54) is 42.4 Å². The van der Waals surface area contributed by atoms with Gasteiger partial charge in [0.25, 0.3) is 25.9 Å². The Balaban J connectivity index is 1.73. The Morgan fingerprint density at radius 1 is 0.875 bits per heavy atom. The minimum absolute atomic E-state index is 0.0779. The Kier molecular flexibility index (Phi) is 11.8. The van der Waals surface area contributed by atoms with Crippen molar-refractivity contribution in [3.05, 3.63) is 125 Å². The molecule has 4 aromatic rings. The van der Waals surface area contributed by atoms with E-state index >= 15 is 0 Å². The lowest BCUT2D eigenvalue weighted by Crippen LogP contribution is -2.61. The van der Waals surface area contributed by atoms with Crippen molar-refractivity contribution in [1.29, 1.82) is 0 Å². The lowest BCUT2D eigenvalue weighted by molar-refractivity contribution is -0.945. The number of nitro benzene ring substituents is 1. The Morgan fingerprint density at radius 2 is 1.50 bits per heavy atom. The van der Waals surface area contributed by atoms with Crippen LogP contribution in [0.5, 0.6) is 0 Å². The third-order valence-corrected chi connectivity index (χ3v) is 10.4. The van der Waals surface area contributed by atoms with Gasteiger partial charge in [0.2, 0.25) is 5.69 Å². The van der Waals surface area contributed by atoms with E-state index in [1.54, 1.807) is 65.1 Å². The number of nitro groups is 1. The van der Waals surface area contributed by atoms with Crippen LogP contribution in [0.25, 0.3) is 0 Å². The molecule has 0 saturated heterocycles. The molecule has 0 amide bonds. The molecule has 252 valence electrons. The molecule has 0 spiro atoms. The topological polar surface area (TPSA) is 200 Å². The Hall–Kier alpha value is -4.97. The van der Waals surface area contributed by atoms with Gasteiger partial charge in [-0.05, 0) is 42.3 Å². The number of azo groups is 1. The highest BCUT2D eigenvalue weighted by Crippen LogP contribution is 2.23. The Morgan fingerprint density at radius 3 is 2.08 bits per heavy atom. The summed E-state index contributed by atoms with van der Waals surface area (Å²) < 4.78 is 73.3. The van der Waals surface area contributed by atoms with Crippen molar-refractivity contribution in [2.45, 2.75) is 43.0 Å². The largest absolute Gasteiger partial charge is 0.354 e. The van der Waals surface area contributed by atoms with E-state index in [0.717, 1.165) is 5.56 Å². The maximum absolute atomic E-state index is 12.7. The smallest absolute Gasteiger partial charge is 0.285 e. The van der Waals surface area contributed by atoms with Crippen molar-refractivity contribution < 1.29 is 40.0 Å². The standard InChI is InChI=1S/C31H33N7O8S2/c1-3-29(47(41,42)43)30(48(44,45)46)21-31(36-19-16-24(17-20-36)22-32-34-25-9-5-4-6-10-25)37-18-8-7-11-28(37)23-33-35(2)26-12-14-27(15-13-26)38(39)40/h4-20,23,29-31H,3,21-22H2,1-2H3/p+2. The molecular weight excluding hydrogens is 663 g/mol. The fourth-order valence-electron chi connectivity index (χ4n) is 5.04. The summed E-state index contributed by atoms with van der Waals surface area (Å²) in [6.07, 6.45) is 4.77. The number of benzene rings is 2. The third-order valence-electron chi connectivity index (χ3n) is 7.53. The van der Waals surface area contributed by atoms with Gasteiger partial charge in [-0.3, -0.25) is 24.2 Å². The van der Waals surface area contributed by atoms with Gasteiger partial charge in [-0.2, -0.15) is 32.2 Å². The van der Waals surface area contributed by atoms with Gasteiger partial charge in [0.05, 0.1) is 29.3 Å². The molecule has 0 saturated carbocycles. The number of anilines is 1. The van der Waals surface area contributed by atoms with Gasteiger partial charge in [-0.15, -0.1) is 9.13 Å². The van der Waals surface area contributed by atoms with Gasteiger partial charge >= 0.3 is 6.17 Å². The molecule has 0 aliphatic heterocycles. The first-order valence-corrected chi connectivity index (χ1v) is 17.7. The average Bonchev–Trinajstić information content (AvgIpc) is 3.05. The molecule has 15 nitrogen and oxygen atoms in total. The molecule has 0 radical (unpaired) electrons. The van der Waals surface area contributed by atoms with Crippen LogP contribution in [0.4, 0.5) is 17.1 Å². The molecular formula is C31H35N7O8S2+2. The van der Waals surface area contributed by atoms with Crippen LogP contribution in [0.3, 0.4) is 0 Å². The zero-order valence-corrected chi connectivity index (χ0v) is 27.7. The summed E-state index contributed by atoms with van der Waals surface area (Å²) in [5.74, 6) is 0. The second kappa shape index (κ2) is 15.7. The van der Waals surface area contributed by atoms with E-state index < -0.39 is 48.2 Å². The second-order valence-corrected chi connectivity index (χ2v) is 14.0. The molecule has 48 heavy (non-hydrogen) atoms. The molecule has 0 bridgehead atoms.